The van der Waals surface area contributed by atoms with E-state index in [1.54, 1.807) is 0 Å². The quantitative estimate of drug-likeness (QED) is 0.671. The molecule has 0 unspecified atom stereocenters. The third-order valence-electron chi connectivity index (χ3n) is 4.90. The van der Waals surface area contributed by atoms with Gasteiger partial charge in [-0.2, -0.15) is 0 Å². The SMILES string of the molecule is O=C(N[C@H](c1ccccc1)c1nnc(N2CCCCC2)o1)c1c(F)cccc1Cl. The van der Waals surface area contributed by atoms with Crippen molar-refractivity contribution < 1.29 is 13.6 Å². The number of hydrogen-bond acceptors (Lipinski definition) is 5. The van der Waals surface area contributed by atoms with Crippen LogP contribution in [-0.4, -0.2) is 29.2 Å². The highest BCUT2D eigenvalue weighted by atomic mass is 35.5. The molecular weight excluding hydrogens is 395 g/mol. The van der Waals surface area contributed by atoms with Gasteiger partial charge in [-0.25, -0.2) is 4.39 Å². The Bertz CT molecular complexity index is 969. The Kier molecular flexibility index (Phi) is 5.76. The first kappa shape index (κ1) is 19.4. The second kappa shape index (κ2) is 8.61. The predicted molar refractivity (Wildman–Crippen MR) is 108 cm³/mol. The number of piperidine rings is 1. The van der Waals surface area contributed by atoms with Crippen molar-refractivity contribution in [2.24, 2.45) is 0 Å². The Morgan fingerprint density at radius 3 is 2.55 bits per heavy atom. The number of aromatic nitrogens is 2. The summed E-state index contributed by atoms with van der Waals surface area (Å²) in [7, 11) is 0. The van der Waals surface area contributed by atoms with Crippen molar-refractivity contribution in [3.63, 3.8) is 0 Å². The zero-order valence-corrected chi connectivity index (χ0v) is 16.4. The third kappa shape index (κ3) is 4.24. The van der Waals surface area contributed by atoms with Gasteiger partial charge in [-0.05, 0) is 37.0 Å². The second-order valence-corrected chi connectivity index (χ2v) is 7.29. The molecule has 6 nitrogen and oxygen atoms in total. The highest BCUT2D eigenvalue weighted by Gasteiger charge is 2.27. The minimum atomic E-state index is -0.731. The van der Waals surface area contributed by atoms with Crippen LogP contribution in [0.5, 0.6) is 0 Å². The van der Waals surface area contributed by atoms with Crippen LogP contribution >= 0.6 is 11.6 Å². The standard InChI is InChI=1S/C21H20ClFN4O2/c22-15-10-7-11-16(23)17(15)19(28)24-18(14-8-3-1-4-9-14)20-25-26-21(29-20)27-12-5-2-6-13-27/h1,3-4,7-11,18H,2,5-6,12-13H2,(H,24,28)/t18-/m1/s1. The molecule has 2 heterocycles. The van der Waals surface area contributed by atoms with Gasteiger partial charge in [-0.1, -0.05) is 53.1 Å². The molecule has 8 heteroatoms. The van der Waals surface area contributed by atoms with Gasteiger partial charge in [0.1, 0.15) is 11.9 Å². The first-order chi connectivity index (χ1) is 14.1. The molecule has 1 atom stereocenters. The largest absolute Gasteiger partial charge is 0.405 e. The number of amides is 1. The molecule has 4 rings (SSSR count). The molecule has 29 heavy (non-hydrogen) atoms. The molecule has 3 aromatic rings. The lowest BCUT2D eigenvalue weighted by Crippen LogP contribution is -2.30. The Morgan fingerprint density at radius 1 is 1.07 bits per heavy atom. The van der Waals surface area contributed by atoms with Crippen LogP contribution in [0.4, 0.5) is 10.4 Å². The van der Waals surface area contributed by atoms with Gasteiger partial charge < -0.3 is 14.6 Å². The average molecular weight is 415 g/mol. The molecule has 1 aliphatic heterocycles. The summed E-state index contributed by atoms with van der Waals surface area (Å²) in [6.07, 6.45) is 3.33. The summed E-state index contributed by atoms with van der Waals surface area (Å²) in [5.41, 5.74) is 0.521. The van der Waals surface area contributed by atoms with Gasteiger partial charge in [-0.3, -0.25) is 4.79 Å². The van der Waals surface area contributed by atoms with E-state index in [1.807, 2.05) is 35.2 Å². The molecule has 0 saturated carbocycles. The van der Waals surface area contributed by atoms with E-state index >= 15 is 0 Å². The number of carbonyl (C=O) groups excluding carboxylic acids is 1. The fraction of sp³-hybridized carbons (Fsp3) is 0.286. The summed E-state index contributed by atoms with van der Waals surface area (Å²) in [5, 5.41) is 11.1. The van der Waals surface area contributed by atoms with Gasteiger partial charge in [0.15, 0.2) is 0 Å². The lowest BCUT2D eigenvalue weighted by molar-refractivity contribution is 0.0934. The van der Waals surface area contributed by atoms with Gasteiger partial charge in [0.2, 0.25) is 5.89 Å². The Hall–Kier alpha value is -2.93. The molecule has 150 valence electrons. The van der Waals surface area contributed by atoms with Gasteiger partial charge >= 0.3 is 6.01 Å². The number of benzene rings is 2. The van der Waals surface area contributed by atoms with Crippen molar-refractivity contribution in [3.05, 3.63) is 76.4 Å². The van der Waals surface area contributed by atoms with Crippen molar-refractivity contribution in [2.45, 2.75) is 25.3 Å². The van der Waals surface area contributed by atoms with E-state index in [0.717, 1.165) is 31.5 Å². The fourth-order valence-electron chi connectivity index (χ4n) is 3.41. The first-order valence-electron chi connectivity index (χ1n) is 9.51. The molecule has 0 bridgehead atoms. The zero-order chi connectivity index (χ0) is 20.2. The Balaban J connectivity index is 1.64. The number of hydrogen-bond donors (Lipinski definition) is 1. The van der Waals surface area contributed by atoms with Crippen LogP contribution < -0.4 is 10.2 Å². The van der Waals surface area contributed by atoms with Gasteiger partial charge in [0.05, 0.1) is 10.6 Å². The summed E-state index contributed by atoms with van der Waals surface area (Å²) < 4.78 is 20.1. The normalized spacial score (nSPS) is 15.2. The maximum atomic E-state index is 14.2. The van der Waals surface area contributed by atoms with Crippen molar-refractivity contribution in [3.8, 4) is 0 Å². The number of anilines is 1. The highest BCUT2D eigenvalue weighted by molar-refractivity contribution is 6.33. The van der Waals surface area contributed by atoms with E-state index < -0.39 is 17.8 Å². The lowest BCUT2D eigenvalue weighted by Gasteiger charge is -2.24. The molecule has 1 aromatic heterocycles. The van der Waals surface area contributed by atoms with Crippen molar-refractivity contribution in [1.29, 1.82) is 0 Å². The van der Waals surface area contributed by atoms with Crippen LogP contribution in [0.25, 0.3) is 0 Å². The van der Waals surface area contributed by atoms with E-state index in [1.165, 1.54) is 24.6 Å². The van der Waals surface area contributed by atoms with Crippen LogP contribution in [0.15, 0.2) is 52.9 Å². The van der Waals surface area contributed by atoms with Crippen molar-refractivity contribution in [2.75, 3.05) is 18.0 Å². The maximum Gasteiger partial charge on any atom is 0.318 e. The van der Waals surface area contributed by atoms with Crippen molar-refractivity contribution in [1.82, 2.24) is 15.5 Å². The summed E-state index contributed by atoms with van der Waals surface area (Å²) in [5.74, 6) is -1.11. The van der Waals surface area contributed by atoms with Gasteiger partial charge in [0, 0.05) is 13.1 Å². The molecular formula is C21H20ClFN4O2. The maximum absolute atomic E-state index is 14.2. The van der Waals surface area contributed by atoms with E-state index in [-0.39, 0.29) is 16.5 Å². The third-order valence-corrected chi connectivity index (χ3v) is 5.22. The van der Waals surface area contributed by atoms with Crippen LogP contribution in [-0.2, 0) is 0 Å². The summed E-state index contributed by atoms with van der Waals surface area (Å²) in [6, 6.07) is 13.0. The van der Waals surface area contributed by atoms with Gasteiger partial charge in [-0.15, -0.1) is 5.10 Å². The molecule has 0 radical (unpaired) electrons. The molecule has 1 aliphatic rings. The Labute approximate surface area is 172 Å². The monoisotopic (exact) mass is 414 g/mol. The van der Waals surface area contributed by atoms with Crippen LogP contribution in [0.3, 0.4) is 0 Å². The van der Waals surface area contributed by atoms with Crippen LogP contribution in [0, 0.1) is 5.82 Å². The lowest BCUT2D eigenvalue weighted by atomic mass is 10.1. The zero-order valence-electron chi connectivity index (χ0n) is 15.6. The Morgan fingerprint density at radius 2 is 1.83 bits per heavy atom. The second-order valence-electron chi connectivity index (χ2n) is 6.88. The molecule has 0 aliphatic carbocycles. The van der Waals surface area contributed by atoms with E-state index in [9.17, 15) is 9.18 Å². The van der Waals surface area contributed by atoms with Crippen molar-refractivity contribution >= 4 is 23.5 Å². The molecule has 1 N–H and O–H groups in total. The number of rotatable bonds is 5. The average Bonchev–Trinajstić information content (AvgIpc) is 3.23. The summed E-state index contributed by atoms with van der Waals surface area (Å²) >= 11 is 6.05. The molecule has 1 amide bonds. The number of halogens is 2. The number of carbonyl (C=O) groups is 1. The van der Waals surface area contributed by atoms with Gasteiger partial charge in [0.25, 0.3) is 5.91 Å². The minimum absolute atomic E-state index is 0.0360. The number of nitrogens with one attached hydrogen (secondary N) is 1. The minimum Gasteiger partial charge on any atom is -0.405 e. The van der Waals surface area contributed by atoms with Crippen LogP contribution in [0.2, 0.25) is 5.02 Å². The highest BCUT2D eigenvalue weighted by Crippen LogP contribution is 2.27. The smallest absolute Gasteiger partial charge is 0.318 e. The topological polar surface area (TPSA) is 71.3 Å². The molecule has 0 spiro atoms. The van der Waals surface area contributed by atoms with Crippen LogP contribution in [0.1, 0.15) is 47.1 Å². The summed E-state index contributed by atoms with van der Waals surface area (Å²) in [4.78, 5) is 14.9. The van der Waals surface area contributed by atoms with E-state index in [0.29, 0.717) is 6.01 Å². The molecule has 2 aromatic carbocycles. The first-order valence-corrected chi connectivity index (χ1v) is 9.89. The molecule has 1 fully saturated rings. The van der Waals surface area contributed by atoms with E-state index in [2.05, 4.69) is 15.5 Å². The number of nitrogens with zero attached hydrogens (tertiary/aromatic N) is 3. The summed E-state index contributed by atoms with van der Waals surface area (Å²) in [6.45, 7) is 1.71. The molecule has 1 saturated heterocycles. The predicted octanol–water partition coefficient (Wildman–Crippen LogP) is 4.37. The van der Waals surface area contributed by atoms with E-state index in [4.69, 9.17) is 16.0 Å². The fourth-order valence-corrected chi connectivity index (χ4v) is 3.66.